The molecular formula is C17H25N3O. The van der Waals surface area contributed by atoms with E-state index >= 15 is 0 Å². The van der Waals surface area contributed by atoms with E-state index in [-0.39, 0.29) is 5.56 Å². The van der Waals surface area contributed by atoms with Crippen LogP contribution in [0.3, 0.4) is 0 Å². The third-order valence-electron chi connectivity index (χ3n) is 3.96. The van der Waals surface area contributed by atoms with Gasteiger partial charge in [-0.25, -0.2) is 0 Å². The molecule has 0 spiro atoms. The molecule has 0 saturated heterocycles. The zero-order valence-electron chi connectivity index (χ0n) is 13.3. The SMILES string of the molecule is CC(C)N(CCn1c(N)cc2ccccc2c1=O)C(C)C. The number of pyridine rings is 1. The standard InChI is InChI=1S/C17H25N3O/c1-12(2)19(13(3)4)9-10-20-16(18)11-14-7-5-6-8-15(14)17(20)21/h5-8,11-13H,9-10,18H2,1-4H3. The number of nitrogens with zero attached hydrogens (tertiary/aromatic N) is 2. The Hall–Kier alpha value is -1.81. The van der Waals surface area contributed by atoms with Gasteiger partial charge in [-0.3, -0.25) is 14.3 Å². The van der Waals surface area contributed by atoms with Crippen molar-refractivity contribution in [1.82, 2.24) is 9.47 Å². The largest absolute Gasteiger partial charge is 0.385 e. The summed E-state index contributed by atoms with van der Waals surface area (Å²) in [4.78, 5) is 14.9. The molecule has 0 atom stereocenters. The van der Waals surface area contributed by atoms with Crippen LogP contribution in [0.2, 0.25) is 0 Å². The highest BCUT2D eigenvalue weighted by Crippen LogP contribution is 2.14. The molecule has 1 heterocycles. The van der Waals surface area contributed by atoms with Gasteiger partial charge in [0.25, 0.3) is 5.56 Å². The minimum Gasteiger partial charge on any atom is -0.385 e. The van der Waals surface area contributed by atoms with Gasteiger partial charge in [-0.15, -0.1) is 0 Å². The van der Waals surface area contributed by atoms with E-state index in [0.29, 0.717) is 24.4 Å². The van der Waals surface area contributed by atoms with E-state index in [1.807, 2.05) is 30.3 Å². The normalized spacial score (nSPS) is 12.0. The summed E-state index contributed by atoms with van der Waals surface area (Å²) in [6.45, 7) is 10.1. The van der Waals surface area contributed by atoms with Crippen molar-refractivity contribution < 1.29 is 0 Å². The van der Waals surface area contributed by atoms with Crippen LogP contribution in [0.5, 0.6) is 0 Å². The Labute approximate surface area is 126 Å². The Morgan fingerprint density at radius 2 is 1.76 bits per heavy atom. The predicted octanol–water partition coefficient (Wildman–Crippen LogP) is 2.70. The number of rotatable bonds is 5. The van der Waals surface area contributed by atoms with Crippen molar-refractivity contribution in [3.05, 3.63) is 40.7 Å². The maximum atomic E-state index is 12.6. The molecule has 114 valence electrons. The van der Waals surface area contributed by atoms with Crippen molar-refractivity contribution in [2.75, 3.05) is 12.3 Å². The average Bonchev–Trinajstić information content (AvgIpc) is 2.41. The first kappa shape index (κ1) is 15.6. The second kappa shape index (κ2) is 6.31. The lowest BCUT2D eigenvalue weighted by molar-refractivity contribution is 0.168. The van der Waals surface area contributed by atoms with Crippen molar-refractivity contribution >= 4 is 16.6 Å². The molecule has 1 aromatic carbocycles. The van der Waals surface area contributed by atoms with Crippen LogP contribution in [0.4, 0.5) is 5.82 Å². The van der Waals surface area contributed by atoms with E-state index in [9.17, 15) is 4.79 Å². The lowest BCUT2D eigenvalue weighted by Crippen LogP contribution is -2.40. The van der Waals surface area contributed by atoms with E-state index in [0.717, 1.165) is 17.3 Å². The van der Waals surface area contributed by atoms with Gasteiger partial charge in [-0.1, -0.05) is 18.2 Å². The van der Waals surface area contributed by atoms with Gasteiger partial charge in [-0.2, -0.15) is 0 Å². The molecular weight excluding hydrogens is 262 g/mol. The topological polar surface area (TPSA) is 51.3 Å². The molecule has 0 radical (unpaired) electrons. The number of aromatic nitrogens is 1. The zero-order chi connectivity index (χ0) is 15.6. The van der Waals surface area contributed by atoms with Crippen molar-refractivity contribution in [1.29, 1.82) is 0 Å². The molecule has 2 rings (SSSR count). The van der Waals surface area contributed by atoms with Crippen molar-refractivity contribution in [2.24, 2.45) is 0 Å². The Bertz CT molecular complexity index is 665. The van der Waals surface area contributed by atoms with Crippen LogP contribution in [-0.2, 0) is 6.54 Å². The number of benzene rings is 1. The van der Waals surface area contributed by atoms with Crippen LogP contribution in [0.1, 0.15) is 27.7 Å². The minimum absolute atomic E-state index is 0.00179. The minimum atomic E-state index is -0.00179. The predicted molar refractivity (Wildman–Crippen MR) is 89.6 cm³/mol. The van der Waals surface area contributed by atoms with Crippen molar-refractivity contribution in [2.45, 2.75) is 46.3 Å². The first-order chi connectivity index (χ1) is 9.91. The molecule has 0 amide bonds. The van der Waals surface area contributed by atoms with Crippen molar-refractivity contribution in [3.63, 3.8) is 0 Å². The van der Waals surface area contributed by atoms with E-state index < -0.39 is 0 Å². The Balaban J connectivity index is 2.32. The van der Waals surface area contributed by atoms with Gasteiger partial charge in [0, 0.05) is 30.6 Å². The molecule has 4 heteroatoms. The fourth-order valence-corrected chi connectivity index (χ4v) is 2.88. The van der Waals surface area contributed by atoms with Gasteiger partial charge < -0.3 is 5.73 Å². The molecule has 0 fully saturated rings. The second-order valence-corrected chi connectivity index (χ2v) is 6.04. The molecule has 1 aromatic heterocycles. The maximum absolute atomic E-state index is 12.6. The average molecular weight is 287 g/mol. The molecule has 0 saturated carbocycles. The number of hydrogen-bond acceptors (Lipinski definition) is 3. The molecule has 0 aliphatic heterocycles. The molecule has 0 unspecified atom stereocenters. The highest BCUT2D eigenvalue weighted by molar-refractivity contribution is 5.83. The highest BCUT2D eigenvalue weighted by Gasteiger charge is 2.14. The van der Waals surface area contributed by atoms with Gasteiger partial charge in [0.05, 0.1) is 0 Å². The van der Waals surface area contributed by atoms with Crippen LogP contribution < -0.4 is 11.3 Å². The monoisotopic (exact) mass is 287 g/mol. The molecule has 21 heavy (non-hydrogen) atoms. The molecule has 0 aliphatic carbocycles. The number of fused-ring (bicyclic) bond motifs is 1. The Morgan fingerprint density at radius 3 is 2.38 bits per heavy atom. The van der Waals surface area contributed by atoms with E-state index in [2.05, 4.69) is 32.6 Å². The van der Waals surface area contributed by atoms with Gasteiger partial charge in [-0.05, 0) is 45.2 Å². The first-order valence-corrected chi connectivity index (χ1v) is 7.55. The van der Waals surface area contributed by atoms with Crippen LogP contribution >= 0.6 is 0 Å². The van der Waals surface area contributed by atoms with Crippen LogP contribution in [-0.4, -0.2) is 28.1 Å². The van der Waals surface area contributed by atoms with Gasteiger partial charge >= 0.3 is 0 Å². The molecule has 2 aromatic rings. The summed E-state index contributed by atoms with van der Waals surface area (Å²) >= 11 is 0. The summed E-state index contributed by atoms with van der Waals surface area (Å²) in [7, 11) is 0. The van der Waals surface area contributed by atoms with Crippen LogP contribution in [0, 0.1) is 0 Å². The Morgan fingerprint density at radius 1 is 1.14 bits per heavy atom. The molecule has 0 aliphatic rings. The number of nitrogen functional groups attached to an aromatic ring is 1. The molecule has 0 bridgehead atoms. The molecule has 2 N–H and O–H groups in total. The summed E-state index contributed by atoms with van der Waals surface area (Å²) in [5.41, 5.74) is 6.07. The third-order valence-corrected chi connectivity index (χ3v) is 3.96. The maximum Gasteiger partial charge on any atom is 0.260 e. The van der Waals surface area contributed by atoms with Crippen LogP contribution in [0.25, 0.3) is 10.8 Å². The molecule has 4 nitrogen and oxygen atoms in total. The number of hydrogen-bond donors (Lipinski definition) is 1. The summed E-state index contributed by atoms with van der Waals surface area (Å²) in [6, 6.07) is 10.4. The summed E-state index contributed by atoms with van der Waals surface area (Å²) < 4.78 is 1.68. The third kappa shape index (κ3) is 3.27. The summed E-state index contributed by atoms with van der Waals surface area (Å²) in [5.74, 6) is 0.533. The lowest BCUT2D eigenvalue weighted by Gasteiger charge is -2.30. The van der Waals surface area contributed by atoms with E-state index in [4.69, 9.17) is 5.73 Å². The van der Waals surface area contributed by atoms with Gasteiger partial charge in [0.2, 0.25) is 0 Å². The fourth-order valence-electron chi connectivity index (χ4n) is 2.88. The van der Waals surface area contributed by atoms with Gasteiger partial charge in [0.15, 0.2) is 0 Å². The first-order valence-electron chi connectivity index (χ1n) is 7.55. The summed E-state index contributed by atoms with van der Waals surface area (Å²) in [6.07, 6.45) is 0. The van der Waals surface area contributed by atoms with E-state index in [1.54, 1.807) is 4.57 Å². The fraction of sp³-hybridized carbons (Fsp3) is 0.471. The van der Waals surface area contributed by atoms with Crippen LogP contribution in [0.15, 0.2) is 35.1 Å². The Kier molecular flexibility index (Phi) is 4.68. The smallest absolute Gasteiger partial charge is 0.260 e. The van der Waals surface area contributed by atoms with E-state index in [1.165, 1.54) is 0 Å². The number of nitrogens with two attached hydrogens (primary N) is 1. The quantitative estimate of drug-likeness (QED) is 0.920. The number of anilines is 1. The van der Waals surface area contributed by atoms with Gasteiger partial charge in [0.1, 0.15) is 5.82 Å². The second-order valence-electron chi connectivity index (χ2n) is 6.04. The lowest BCUT2D eigenvalue weighted by atomic mass is 10.1. The summed E-state index contributed by atoms with van der Waals surface area (Å²) in [5, 5.41) is 1.63. The zero-order valence-corrected chi connectivity index (χ0v) is 13.3. The highest BCUT2D eigenvalue weighted by atomic mass is 16.1. The van der Waals surface area contributed by atoms with Crippen molar-refractivity contribution in [3.8, 4) is 0 Å².